The lowest BCUT2D eigenvalue weighted by atomic mass is 10.1. The fraction of sp³-hybridized carbons (Fsp3) is 1.00. The van der Waals surface area contributed by atoms with E-state index >= 15 is 0 Å². The van der Waals surface area contributed by atoms with E-state index in [0.29, 0.717) is 4.48 Å². The zero-order valence-corrected chi connectivity index (χ0v) is 9.14. The fourth-order valence-corrected chi connectivity index (χ4v) is 1.92. The topological polar surface area (TPSA) is 54.4 Å². The van der Waals surface area contributed by atoms with Gasteiger partial charge in [0.2, 0.25) is 0 Å². The van der Waals surface area contributed by atoms with Gasteiger partial charge in [0.15, 0.2) is 0 Å². The van der Waals surface area contributed by atoms with Crippen molar-refractivity contribution in [1.82, 2.24) is 0 Å². The molecule has 0 aromatic heterocycles. The van der Waals surface area contributed by atoms with E-state index in [-0.39, 0.29) is 5.75 Å². The minimum Gasteiger partial charge on any atom is -0.326 e. The molecule has 0 aliphatic heterocycles. The molecule has 0 bridgehead atoms. The zero-order chi connectivity index (χ0) is 10.2. The first kappa shape index (κ1) is 11.9. The van der Waals surface area contributed by atoms with Crippen LogP contribution in [0.3, 0.4) is 0 Å². The monoisotopic (exact) mass is 196 g/mol. The van der Waals surface area contributed by atoms with Crippen LogP contribution in [0, 0.1) is 0 Å². The number of nitrogens with zero attached hydrogens (tertiary/aromatic N) is 1. The Bertz CT molecular complexity index is 248. The second-order valence-corrected chi connectivity index (χ2v) is 6.00. The van der Waals surface area contributed by atoms with Crippen molar-refractivity contribution in [1.29, 1.82) is 0 Å². The van der Waals surface area contributed by atoms with Gasteiger partial charge in [0.25, 0.3) is 10.1 Å². The lowest BCUT2D eigenvalue weighted by Crippen LogP contribution is -2.56. The summed E-state index contributed by atoms with van der Waals surface area (Å²) in [5, 5.41) is 0. The van der Waals surface area contributed by atoms with Crippen LogP contribution in [-0.4, -0.2) is 49.9 Å². The van der Waals surface area contributed by atoms with E-state index in [1.165, 1.54) is 0 Å². The second-order valence-electron chi connectivity index (χ2n) is 4.55. The minimum absolute atomic E-state index is 0.219. The summed E-state index contributed by atoms with van der Waals surface area (Å²) < 4.78 is 30.4. The molecule has 0 saturated heterocycles. The first-order chi connectivity index (χ1) is 4.96. The molecular weight excluding hydrogens is 178 g/mol. The Balaban J connectivity index is 4.67. The standard InChI is InChI=1S/C7H17NO3S/c1-7(2,8(3,4)5)6-12(9,10)11/h6H2,1-5H3/p+1. The molecule has 0 fully saturated rings. The molecular formula is C7H18NO3S+. The van der Waals surface area contributed by atoms with Gasteiger partial charge in [0.05, 0.1) is 21.1 Å². The number of hydrogen-bond acceptors (Lipinski definition) is 2. The number of quaternary nitrogens is 1. The van der Waals surface area contributed by atoms with Crippen molar-refractivity contribution in [2.75, 3.05) is 26.9 Å². The summed E-state index contributed by atoms with van der Waals surface area (Å²) in [5.41, 5.74) is -0.479. The van der Waals surface area contributed by atoms with E-state index in [1.807, 2.05) is 21.1 Å². The van der Waals surface area contributed by atoms with Crippen molar-refractivity contribution in [2.24, 2.45) is 0 Å². The first-order valence-corrected chi connectivity index (χ1v) is 5.33. The second kappa shape index (κ2) is 2.97. The van der Waals surface area contributed by atoms with Crippen molar-refractivity contribution in [2.45, 2.75) is 19.4 Å². The molecule has 4 nitrogen and oxygen atoms in total. The predicted molar refractivity (Wildman–Crippen MR) is 48.5 cm³/mol. The summed E-state index contributed by atoms with van der Waals surface area (Å²) in [6.07, 6.45) is 0. The van der Waals surface area contributed by atoms with Crippen LogP contribution in [0.2, 0.25) is 0 Å². The van der Waals surface area contributed by atoms with Gasteiger partial charge in [-0.3, -0.25) is 4.55 Å². The third-order valence-corrected chi connectivity index (χ3v) is 3.42. The van der Waals surface area contributed by atoms with Gasteiger partial charge in [-0.1, -0.05) is 0 Å². The molecule has 0 radical (unpaired) electrons. The van der Waals surface area contributed by atoms with E-state index in [2.05, 4.69) is 0 Å². The summed E-state index contributed by atoms with van der Waals surface area (Å²) in [6.45, 7) is 3.61. The van der Waals surface area contributed by atoms with Gasteiger partial charge in [-0.2, -0.15) is 8.42 Å². The highest BCUT2D eigenvalue weighted by atomic mass is 32.2. The molecule has 1 N–H and O–H groups in total. The maximum Gasteiger partial charge on any atom is 0.271 e. The van der Waals surface area contributed by atoms with Crippen LogP contribution < -0.4 is 0 Å². The van der Waals surface area contributed by atoms with Gasteiger partial charge in [-0.25, -0.2) is 0 Å². The Labute approximate surface area is 74.5 Å². The van der Waals surface area contributed by atoms with E-state index in [0.717, 1.165) is 0 Å². The van der Waals surface area contributed by atoms with Gasteiger partial charge in [-0.15, -0.1) is 0 Å². The van der Waals surface area contributed by atoms with Crippen molar-refractivity contribution in [3.05, 3.63) is 0 Å². The molecule has 0 spiro atoms. The van der Waals surface area contributed by atoms with Gasteiger partial charge < -0.3 is 4.48 Å². The Kier molecular flexibility index (Phi) is 2.94. The lowest BCUT2D eigenvalue weighted by molar-refractivity contribution is -0.916. The van der Waals surface area contributed by atoms with Crippen LogP contribution in [0.5, 0.6) is 0 Å². The Morgan fingerprint density at radius 3 is 1.67 bits per heavy atom. The maximum absolute atomic E-state index is 10.6. The summed E-state index contributed by atoms with van der Waals surface area (Å²) in [5.74, 6) is -0.219. The fourth-order valence-electron chi connectivity index (χ4n) is 0.640. The first-order valence-electron chi connectivity index (χ1n) is 3.72. The minimum atomic E-state index is -3.88. The highest BCUT2D eigenvalue weighted by molar-refractivity contribution is 7.85. The average Bonchev–Trinajstić information content (AvgIpc) is 1.52. The molecule has 0 unspecified atom stereocenters. The molecule has 12 heavy (non-hydrogen) atoms. The van der Waals surface area contributed by atoms with Crippen LogP contribution in [0.1, 0.15) is 13.8 Å². The molecule has 0 aliphatic carbocycles. The average molecular weight is 196 g/mol. The SMILES string of the molecule is CC(C)(CS(=O)(=O)O)[N+](C)(C)C. The van der Waals surface area contributed by atoms with E-state index < -0.39 is 15.7 Å². The Morgan fingerprint density at radius 1 is 1.25 bits per heavy atom. The normalized spacial score (nSPS) is 14.8. The predicted octanol–water partition coefficient (Wildman–Crippen LogP) is 0.359. The largest absolute Gasteiger partial charge is 0.326 e. The van der Waals surface area contributed by atoms with Crippen LogP contribution in [0.4, 0.5) is 0 Å². The molecule has 0 aliphatic rings. The number of hydrogen-bond donors (Lipinski definition) is 1. The summed E-state index contributed by atoms with van der Waals surface area (Å²) in [7, 11) is 1.80. The van der Waals surface area contributed by atoms with Gasteiger partial charge in [0.1, 0.15) is 11.3 Å². The quantitative estimate of drug-likeness (QED) is 0.524. The molecule has 74 valence electrons. The molecule has 5 heteroatoms. The summed E-state index contributed by atoms with van der Waals surface area (Å²) in [4.78, 5) is 0. The summed E-state index contributed by atoms with van der Waals surface area (Å²) >= 11 is 0. The third-order valence-electron chi connectivity index (χ3n) is 2.35. The van der Waals surface area contributed by atoms with Crippen LogP contribution in [-0.2, 0) is 10.1 Å². The van der Waals surface area contributed by atoms with Crippen molar-refractivity contribution < 1.29 is 17.5 Å². The van der Waals surface area contributed by atoms with Crippen molar-refractivity contribution in [3.8, 4) is 0 Å². The molecule has 0 saturated carbocycles. The van der Waals surface area contributed by atoms with Gasteiger partial charge in [0, 0.05) is 0 Å². The van der Waals surface area contributed by atoms with Crippen molar-refractivity contribution in [3.63, 3.8) is 0 Å². The van der Waals surface area contributed by atoms with Crippen LogP contribution in [0.15, 0.2) is 0 Å². The highest BCUT2D eigenvalue weighted by Gasteiger charge is 2.37. The maximum atomic E-state index is 10.6. The lowest BCUT2D eigenvalue weighted by Gasteiger charge is -2.40. The van der Waals surface area contributed by atoms with E-state index in [4.69, 9.17) is 4.55 Å². The molecule has 0 heterocycles. The molecule has 0 aromatic rings. The van der Waals surface area contributed by atoms with Gasteiger partial charge >= 0.3 is 0 Å². The molecule has 0 amide bonds. The summed E-state index contributed by atoms with van der Waals surface area (Å²) in [6, 6.07) is 0. The Hall–Kier alpha value is -0.130. The smallest absolute Gasteiger partial charge is 0.271 e. The van der Waals surface area contributed by atoms with Gasteiger partial charge in [-0.05, 0) is 13.8 Å². The Morgan fingerprint density at radius 2 is 1.58 bits per heavy atom. The molecule has 0 rings (SSSR count). The van der Waals surface area contributed by atoms with E-state index in [9.17, 15) is 8.42 Å². The van der Waals surface area contributed by atoms with E-state index in [1.54, 1.807) is 13.8 Å². The highest BCUT2D eigenvalue weighted by Crippen LogP contribution is 2.18. The third kappa shape index (κ3) is 3.51. The zero-order valence-electron chi connectivity index (χ0n) is 8.33. The van der Waals surface area contributed by atoms with Crippen LogP contribution >= 0.6 is 0 Å². The van der Waals surface area contributed by atoms with Crippen LogP contribution in [0.25, 0.3) is 0 Å². The molecule has 0 atom stereocenters. The number of rotatable bonds is 3. The van der Waals surface area contributed by atoms with Crippen molar-refractivity contribution >= 4 is 10.1 Å². The molecule has 0 aromatic carbocycles.